The largest absolute Gasteiger partial charge is 0.461 e. The molecule has 0 unspecified atom stereocenters. The first-order chi connectivity index (χ1) is 17.9. The number of nitrogens with one attached hydrogen (secondary N) is 1. The minimum atomic E-state index is -0.750. The van der Waals surface area contributed by atoms with E-state index < -0.39 is 12.1 Å². The molecule has 8 nitrogen and oxygen atoms in total. The molecule has 1 fully saturated rings. The Balaban J connectivity index is 1.20. The lowest BCUT2D eigenvalue weighted by molar-refractivity contribution is -0.137. The van der Waals surface area contributed by atoms with Crippen LogP contribution in [0.2, 0.25) is 0 Å². The van der Waals surface area contributed by atoms with Crippen LogP contribution >= 0.6 is 0 Å². The van der Waals surface area contributed by atoms with Crippen LogP contribution < -0.4 is 5.32 Å². The van der Waals surface area contributed by atoms with E-state index in [1.165, 1.54) is 0 Å². The van der Waals surface area contributed by atoms with E-state index in [-0.39, 0.29) is 0 Å². The van der Waals surface area contributed by atoms with Gasteiger partial charge in [0.05, 0.1) is 22.9 Å². The second-order valence-corrected chi connectivity index (χ2v) is 9.93. The number of likely N-dealkylation sites (N-methyl/N-ethyl adjacent to an activating group) is 1. The molecule has 0 aliphatic heterocycles. The molecule has 0 saturated heterocycles. The molecule has 1 saturated carbocycles. The number of ether oxygens (including phenoxy) is 1. The van der Waals surface area contributed by atoms with Gasteiger partial charge < -0.3 is 14.1 Å². The van der Waals surface area contributed by atoms with Gasteiger partial charge in [-0.2, -0.15) is 0 Å². The van der Waals surface area contributed by atoms with Gasteiger partial charge in [0.15, 0.2) is 0 Å². The number of hydrogen-bond donors (Lipinski definition) is 1. The average molecular weight is 501 g/mol. The summed E-state index contributed by atoms with van der Waals surface area (Å²) < 4.78 is 11.0. The molecular weight excluding hydrogens is 468 g/mol. The maximum Gasteiger partial charge on any atom is 0.419 e. The van der Waals surface area contributed by atoms with Crippen LogP contribution in [-0.4, -0.2) is 40.5 Å². The van der Waals surface area contributed by atoms with Crippen LogP contribution in [0.3, 0.4) is 0 Å². The van der Waals surface area contributed by atoms with Gasteiger partial charge in [-0.05, 0) is 69.5 Å². The van der Waals surface area contributed by atoms with Gasteiger partial charge in [-0.3, -0.25) is 15.1 Å². The Hall–Kier alpha value is -3.78. The minimum Gasteiger partial charge on any atom is -0.461 e. The number of para-hydroxylation sites is 2. The van der Waals surface area contributed by atoms with Crippen molar-refractivity contribution in [3.05, 3.63) is 65.7 Å². The summed E-state index contributed by atoms with van der Waals surface area (Å²) in [6.45, 7) is 3.42. The van der Waals surface area contributed by atoms with Gasteiger partial charge in [-0.25, -0.2) is 9.78 Å². The first-order valence-corrected chi connectivity index (χ1v) is 12.9. The number of furan rings is 1. The van der Waals surface area contributed by atoms with Gasteiger partial charge in [-0.15, -0.1) is 0 Å². The quantitative estimate of drug-likeness (QED) is 0.234. The highest BCUT2D eigenvalue weighted by Crippen LogP contribution is 2.30. The van der Waals surface area contributed by atoms with Crippen molar-refractivity contribution in [2.24, 2.45) is 5.92 Å². The highest BCUT2D eigenvalue weighted by Gasteiger charge is 2.21. The second-order valence-electron chi connectivity index (χ2n) is 9.93. The number of anilines is 1. The van der Waals surface area contributed by atoms with Crippen molar-refractivity contribution < 1.29 is 18.7 Å². The lowest BCUT2D eigenvalue weighted by Gasteiger charge is -2.16. The van der Waals surface area contributed by atoms with Crippen LogP contribution in [-0.2, 0) is 22.5 Å². The molecule has 1 aliphatic carbocycles. The fourth-order valence-electron chi connectivity index (χ4n) is 5.13. The highest BCUT2D eigenvalue weighted by atomic mass is 16.6. The number of carbonyl (C=O) groups excluding carboxylic acids is 2. The number of carbonyl (C=O) groups is 2. The topological polar surface area (TPSA) is 97.6 Å². The number of rotatable bonds is 8. The monoisotopic (exact) mass is 500 g/mol. The average Bonchev–Trinajstić information content (AvgIpc) is 3.49. The van der Waals surface area contributed by atoms with Crippen molar-refractivity contribution in [2.75, 3.05) is 18.9 Å². The van der Waals surface area contributed by atoms with Crippen molar-refractivity contribution in [2.45, 2.75) is 52.0 Å². The Bertz CT molecular complexity index is 1420. The molecule has 0 atom stereocenters. The first-order valence-electron chi connectivity index (χ1n) is 12.9. The Labute approximate surface area is 216 Å². The van der Waals surface area contributed by atoms with E-state index in [0.717, 1.165) is 77.7 Å². The molecule has 1 amide bonds. The number of hydrogen-bond acceptors (Lipinski definition) is 7. The Morgan fingerprint density at radius 3 is 2.73 bits per heavy atom. The molecule has 0 radical (unpaired) electrons. The summed E-state index contributed by atoms with van der Waals surface area (Å²) in [5.74, 6) is 0.712. The summed E-state index contributed by atoms with van der Waals surface area (Å²) >= 11 is 0. The maximum atomic E-state index is 12.3. The molecular formula is C29H32N4O4. The van der Waals surface area contributed by atoms with Crippen molar-refractivity contribution in [3.63, 3.8) is 0 Å². The molecule has 1 N–H and O–H groups in total. The normalized spacial score (nSPS) is 14.0. The number of amides is 1. The van der Waals surface area contributed by atoms with Crippen LogP contribution in [0.5, 0.6) is 0 Å². The molecule has 37 heavy (non-hydrogen) atoms. The van der Waals surface area contributed by atoms with Gasteiger partial charge in [0.25, 0.3) is 0 Å². The van der Waals surface area contributed by atoms with E-state index in [1.807, 2.05) is 49.5 Å². The van der Waals surface area contributed by atoms with Gasteiger partial charge in [0, 0.05) is 36.1 Å². The molecule has 2 heterocycles. The van der Waals surface area contributed by atoms with Gasteiger partial charge >= 0.3 is 12.1 Å². The second kappa shape index (κ2) is 11.1. The minimum absolute atomic E-state index is 0.301. The fourth-order valence-corrected chi connectivity index (χ4v) is 5.13. The molecule has 2 aromatic carbocycles. The summed E-state index contributed by atoms with van der Waals surface area (Å²) in [7, 11) is 2.06. The van der Waals surface area contributed by atoms with Gasteiger partial charge in [0.2, 0.25) is 0 Å². The fraction of sp³-hybridized carbons (Fsp3) is 0.379. The molecule has 2 aromatic heterocycles. The van der Waals surface area contributed by atoms with Crippen LogP contribution in [0.1, 0.15) is 49.1 Å². The smallest absolute Gasteiger partial charge is 0.419 e. The van der Waals surface area contributed by atoms with Crippen molar-refractivity contribution in [1.29, 1.82) is 0 Å². The van der Waals surface area contributed by atoms with Crippen molar-refractivity contribution in [1.82, 2.24) is 14.9 Å². The van der Waals surface area contributed by atoms with Crippen molar-refractivity contribution >= 4 is 39.8 Å². The molecule has 0 bridgehead atoms. The number of benzene rings is 2. The summed E-state index contributed by atoms with van der Waals surface area (Å²) in [5.41, 5.74) is 5.10. The third-order valence-electron chi connectivity index (χ3n) is 7.05. The molecule has 8 heteroatoms. The van der Waals surface area contributed by atoms with E-state index >= 15 is 0 Å². The third kappa shape index (κ3) is 6.14. The maximum absolute atomic E-state index is 12.3. The van der Waals surface area contributed by atoms with Crippen LogP contribution in [0, 0.1) is 12.8 Å². The van der Waals surface area contributed by atoms with E-state index in [4.69, 9.17) is 14.1 Å². The lowest BCUT2D eigenvalue weighted by Crippen LogP contribution is -2.21. The zero-order valence-electron chi connectivity index (χ0n) is 21.3. The zero-order valence-corrected chi connectivity index (χ0v) is 21.3. The number of nitrogens with zero attached hydrogens (tertiary/aromatic N) is 3. The molecule has 4 aromatic rings. The summed E-state index contributed by atoms with van der Waals surface area (Å²) in [5, 5.41) is 3.63. The third-order valence-corrected chi connectivity index (χ3v) is 7.05. The van der Waals surface area contributed by atoms with Gasteiger partial charge in [-0.1, -0.05) is 25.0 Å². The van der Waals surface area contributed by atoms with E-state index in [2.05, 4.69) is 22.2 Å². The lowest BCUT2D eigenvalue weighted by atomic mass is 10.1. The zero-order chi connectivity index (χ0) is 25.8. The van der Waals surface area contributed by atoms with Crippen molar-refractivity contribution in [3.8, 4) is 0 Å². The number of aryl methyl sites for hydroxylation is 1. The predicted molar refractivity (Wildman–Crippen MR) is 142 cm³/mol. The van der Waals surface area contributed by atoms with E-state index in [9.17, 15) is 9.59 Å². The highest BCUT2D eigenvalue weighted by molar-refractivity contribution is 5.95. The molecule has 1 aliphatic rings. The van der Waals surface area contributed by atoms with E-state index in [0.29, 0.717) is 24.6 Å². The van der Waals surface area contributed by atoms with E-state index in [1.54, 1.807) is 6.07 Å². The van der Waals surface area contributed by atoms with Crippen LogP contribution in [0.15, 0.2) is 53.1 Å². The standard InChI is InChI=1S/C29H32N4O4/c1-19-23(13-14-33(2)18-22-17-30-25-9-5-6-10-26(25)31-22)24-16-21(11-12-27(24)36-19)32-29(35)37-28(34)15-20-7-3-4-8-20/h5-6,9-12,16-17,20H,3-4,7-8,13-15,18H2,1-2H3,(H,32,35). The SMILES string of the molecule is Cc1oc2ccc(NC(=O)OC(=O)CC3CCCC3)cc2c1CCN(C)Cc1cnc2ccccc2n1. The summed E-state index contributed by atoms with van der Waals surface area (Å²) in [6, 6.07) is 13.3. The van der Waals surface area contributed by atoms with Crippen LogP contribution in [0.25, 0.3) is 22.0 Å². The molecule has 0 spiro atoms. The first kappa shape index (κ1) is 24.9. The number of esters is 1. The number of fused-ring (bicyclic) bond motifs is 2. The van der Waals surface area contributed by atoms with Crippen LogP contribution in [0.4, 0.5) is 10.5 Å². The van der Waals surface area contributed by atoms with Gasteiger partial charge in [0.1, 0.15) is 11.3 Å². The Morgan fingerprint density at radius 2 is 1.92 bits per heavy atom. The molecule has 5 rings (SSSR count). The molecule has 192 valence electrons. The predicted octanol–water partition coefficient (Wildman–Crippen LogP) is 6.01. The Morgan fingerprint density at radius 1 is 1.14 bits per heavy atom. The number of aromatic nitrogens is 2. The Kier molecular flexibility index (Phi) is 7.46. The summed E-state index contributed by atoms with van der Waals surface area (Å²) in [6.07, 6.45) is 6.49. The summed E-state index contributed by atoms with van der Waals surface area (Å²) in [4.78, 5) is 35.8.